The van der Waals surface area contributed by atoms with Gasteiger partial charge in [0.05, 0.1) is 0 Å². The van der Waals surface area contributed by atoms with E-state index in [1.54, 1.807) is 0 Å². The van der Waals surface area contributed by atoms with Crippen LogP contribution in [0.2, 0.25) is 0 Å². The first-order valence-electron chi connectivity index (χ1n) is 5.95. The summed E-state index contributed by atoms with van der Waals surface area (Å²) in [6.45, 7) is 1.33. The molecule has 0 atom stereocenters. The highest BCUT2D eigenvalue weighted by atomic mass is 19.1. The second-order valence-electron chi connectivity index (χ2n) is 4.13. The molecule has 0 fully saturated rings. The van der Waals surface area contributed by atoms with Gasteiger partial charge in [-0.25, -0.2) is 8.78 Å². The number of benzene rings is 1. The summed E-state index contributed by atoms with van der Waals surface area (Å²) in [5, 5.41) is 11.5. The van der Waals surface area contributed by atoms with Crippen molar-refractivity contribution in [2.24, 2.45) is 0 Å². The van der Waals surface area contributed by atoms with Crippen molar-refractivity contribution in [3.63, 3.8) is 0 Å². The molecule has 1 aromatic carbocycles. The molecule has 0 aliphatic rings. The molecule has 0 aliphatic carbocycles. The number of hydrogen-bond acceptors (Lipinski definition) is 2. The highest BCUT2D eigenvalue weighted by molar-refractivity contribution is 5.66. The molecule has 0 saturated carbocycles. The average Bonchev–Trinajstić information content (AvgIpc) is 2.26. The second kappa shape index (κ2) is 7.76. The number of carboxylic acid groups (broad SMARTS) is 1. The van der Waals surface area contributed by atoms with Gasteiger partial charge in [-0.15, -0.1) is 0 Å². The Hall–Kier alpha value is -1.49. The van der Waals surface area contributed by atoms with Crippen molar-refractivity contribution in [2.75, 3.05) is 13.1 Å². The third-order valence-electron chi connectivity index (χ3n) is 2.51. The highest BCUT2D eigenvalue weighted by Gasteiger charge is 2.00. The Morgan fingerprint density at radius 3 is 2.39 bits per heavy atom. The van der Waals surface area contributed by atoms with Crippen molar-refractivity contribution in [2.45, 2.75) is 25.7 Å². The summed E-state index contributed by atoms with van der Waals surface area (Å²) in [6, 6.07) is 3.48. The predicted octanol–water partition coefficient (Wildman–Crippen LogP) is 2.35. The maximum atomic E-state index is 12.9. The fourth-order valence-electron chi connectivity index (χ4n) is 1.64. The van der Waals surface area contributed by atoms with Gasteiger partial charge in [-0.2, -0.15) is 0 Å². The van der Waals surface area contributed by atoms with E-state index in [1.807, 2.05) is 0 Å². The van der Waals surface area contributed by atoms with Crippen LogP contribution in [0.15, 0.2) is 18.2 Å². The first kappa shape index (κ1) is 14.6. The summed E-state index contributed by atoms with van der Waals surface area (Å²) in [5.74, 6) is -1.91. The Kier molecular flexibility index (Phi) is 6.28. The lowest BCUT2D eigenvalue weighted by Crippen LogP contribution is -2.18. The van der Waals surface area contributed by atoms with Crippen molar-refractivity contribution < 1.29 is 18.7 Å². The van der Waals surface area contributed by atoms with Crippen LogP contribution in [0, 0.1) is 11.6 Å². The zero-order chi connectivity index (χ0) is 13.4. The lowest BCUT2D eigenvalue weighted by atomic mass is 10.1. The number of carbonyl (C=O) groups is 1. The monoisotopic (exact) mass is 257 g/mol. The second-order valence-corrected chi connectivity index (χ2v) is 4.13. The predicted molar refractivity (Wildman–Crippen MR) is 64.4 cm³/mol. The standard InChI is InChI=1S/C13H17F2NO2/c14-11-7-10(8-12(15)9-11)4-6-16-5-2-1-3-13(17)18/h7-9,16H,1-6H2,(H,17,18). The van der Waals surface area contributed by atoms with Crippen molar-refractivity contribution in [1.82, 2.24) is 5.32 Å². The Morgan fingerprint density at radius 1 is 1.11 bits per heavy atom. The summed E-state index contributed by atoms with van der Waals surface area (Å²) in [7, 11) is 0. The van der Waals surface area contributed by atoms with E-state index in [0.29, 0.717) is 31.5 Å². The number of nitrogens with one attached hydrogen (secondary N) is 1. The molecule has 2 N–H and O–H groups in total. The van der Waals surface area contributed by atoms with Crippen LogP contribution in [0.4, 0.5) is 8.78 Å². The number of halogens is 2. The quantitative estimate of drug-likeness (QED) is 0.703. The minimum atomic E-state index is -0.787. The van der Waals surface area contributed by atoms with Gasteiger partial charge in [0.15, 0.2) is 0 Å². The van der Waals surface area contributed by atoms with E-state index in [9.17, 15) is 13.6 Å². The lowest BCUT2D eigenvalue weighted by molar-refractivity contribution is -0.137. The third-order valence-corrected chi connectivity index (χ3v) is 2.51. The van der Waals surface area contributed by atoms with Crippen LogP contribution in [0.1, 0.15) is 24.8 Å². The minimum Gasteiger partial charge on any atom is -0.481 e. The van der Waals surface area contributed by atoms with Crippen LogP contribution in [0.25, 0.3) is 0 Å². The molecule has 0 heterocycles. The van der Waals surface area contributed by atoms with Crippen molar-refractivity contribution >= 4 is 5.97 Å². The normalized spacial score (nSPS) is 10.6. The van der Waals surface area contributed by atoms with Crippen LogP contribution >= 0.6 is 0 Å². The molecule has 0 amide bonds. The minimum absolute atomic E-state index is 0.177. The summed E-state index contributed by atoms with van der Waals surface area (Å²) >= 11 is 0. The van der Waals surface area contributed by atoms with Gasteiger partial charge in [0.2, 0.25) is 0 Å². The summed E-state index contributed by atoms with van der Waals surface area (Å²) in [4.78, 5) is 10.2. The fourth-order valence-corrected chi connectivity index (χ4v) is 1.64. The zero-order valence-electron chi connectivity index (χ0n) is 10.1. The molecular weight excluding hydrogens is 240 g/mol. The van der Waals surface area contributed by atoms with E-state index < -0.39 is 17.6 Å². The fraction of sp³-hybridized carbons (Fsp3) is 0.462. The molecule has 0 saturated heterocycles. The molecule has 0 radical (unpaired) electrons. The molecule has 0 unspecified atom stereocenters. The Labute approximate surface area is 105 Å². The van der Waals surface area contributed by atoms with E-state index in [1.165, 1.54) is 12.1 Å². The van der Waals surface area contributed by atoms with E-state index >= 15 is 0 Å². The largest absolute Gasteiger partial charge is 0.481 e. The van der Waals surface area contributed by atoms with Crippen LogP contribution in [-0.4, -0.2) is 24.2 Å². The van der Waals surface area contributed by atoms with Gasteiger partial charge >= 0.3 is 5.97 Å². The molecular formula is C13H17F2NO2. The smallest absolute Gasteiger partial charge is 0.303 e. The SMILES string of the molecule is O=C(O)CCCCNCCc1cc(F)cc(F)c1. The van der Waals surface area contributed by atoms with Gasteiger partial charge in [-0.3, -0.25) is 4.79 Å². The molecule has 100 valence electrons. The van der Waals surface area contributed by atoms with Crippen molar-refractivity contribution in [1.29, 1.82) is 0 Å². The topological polar surface area (TPSA) is 49.3 Å². The number of rotatable bonds is 8. The lowest BCUT2D eigenvalue weighted by Gasteiger charge is -2.05. The summed E-state index contributed by atoms with van der Waals surface area (Å²) in [6.07, 6.45) is 2.14. The van der Waals surface area contributed by atoms with Crippen LogP contribution in [0.5, 0.6) is 0 Å². The zero-order valence-corrected chi connectivity index (χ0v) is 10.1. The first-order valence-corrected chi connectivity index (χ1v) is 5.95. The summed E-state index contributed by atoms with van der Waals surface area (Å²) < 4.78 is 25.7. The number of aliphatic carboxylic acids is 1. The molecule has 5 heteroatoms. The van der Waals surface area contributed by atoms with Gasteiger partial charge in [0, 0.05) is 12.5 Å². The molecule has 18 heavy (non-hydrogen) atoms. The van der Waals surface area contributed by atoms with Crippen molar-refractivity contribution in [3.8, 4) is 0 Å². The molecule has 0 aliphatic heterocycles. The number of carboxylic acids is 1. The molecule has 3 nitrogen and oxygen atoms in total. The molecule has 0 spiro atoms. The first-order chi connectivity index (χ1) is 8.58. The maximum absolute atomic E-state index is 12.9. The third kappa shape index (κ3) is 6.30. The van der Waals surface area contributed by atoms with Crippen LogP contribution < -0.4 is 5.32 Å². The molecule has 0 aromatic heterocycles. The Balaban J connectivity index is 2.12. The van der Waals surface area contributed by atoms with Gasteiger partial charge in [-0.1, -0.05) is 0 Å². The number of unbranched alkanes of at least 4 members (excludes halogenated alkanes) is 1. The van der Waals surface area contributed by atoms with Crippen LogP contribution in [-0.2, 0) is 11.2 Å². The highest BCUT2D eigenvalue weighted by Crippen LogP contribution is 2.08. The van der Waals surface area contributed by atoms with Crippen LogP contribution in [0.3, 0.4) is 0 Å². The summed E-state index contributed by atoms with van der Waals surface area (Å²) in [5.41, 5.74) is 0.616. The average molecular weight is 257 g/mol. The van der Waals surface area contributed by atoms with E-state index in [-0.39, 0.29) is 6.42 Å². The Bertz CT molecular complexity index is 376. The van der Waals surface area contributed by atoms with E-state index in [2.05, 4.69) is 5.32 Å². The van der Waals surface area contributed by atoms with E-state index in [4.69, 9.17) is 5.11 Å². The Morgan fingerprint density at radius 2 is 1.78 bits per heavy atom. The van der Waals surface area contributed by atoms with E-state index in [0.717, 1.165) is 12.5 Å². The van der Waals surface area contributed by atoms with Crippen molar-refractivity contribution in [3.05, 3.63) is 35.4 Å². The molecule has 1 aromatic rings. The molecule has 1 rings (SSSR count). The van der Waals surface area contributed by atoms with Gasteiger partial charge in [0.25, 0.3) is 0 Å². The molecule has 0 bridgehead atoms. The van der Waals surface area contributed by atoms with Gasteiger partial charge in [-0.05, 0) is 50.0 Å². The van der Waals surface area contributed by atoms with Gasteiger partial charge < -0.3 is 10.4 Å². The number of hydrogen-bond donors (Lipinski definition) is 2. The maximum Gasteiger partial charge on any atom is 0.303 e. The van der Waals surface area contributed by atoms with Gasteiger partial charge in [0.1, 0.15) is 11.6 Å².